The number of aliphatic hydroxyl groups excluding tert-OH is 1. The van der Waals surface area contributed by atoms with Crippen LogP contribution in [0.15, 0.2) is 0 Å². The summed E-state index contributed by atoms with van der Waals surface area (Å²) in [4.78, 5) is 2.37. The van der Waals surface area contributed by atoms with Crippen molar-refractivity contribution < 1.29 is 14.6 Å². The lowest BCUT2D eigenvalue weighted by Gasteiger charge is -2.44. The Morgan fingerprint density at radius 1 is 1.39 bits per heavy atom. The van der Waals surface area contributed by atoms with Crippen LogP contribution in [0.2, 0.25) is 0 Å². The molecule has 0 aromatic carbocycles. The first-order valence-corrected chi connectivity index (χ1v) is 6.95. The van der Waals surface area contributed by atoms with Crippen molar-refractivity contribution in [3.63, 3.8) is 0 Å². The van der Waals surface area contributed by atoms with E-state index in [1.54, 1.807) is 0 Å². The monoisotopic (exact) mass is 258 g/mol. The van der Waals surface area contributed by atoms with E-state index >= 15 is 0 Å². The number of aliphatic hydroxyl groups is 1. The molecule has 5 nitrogen and oxygen atoms in total. The highest BCUT2D eigenvalue weighted by atomic mass is 16.5. The topological polar surface area (TPSA) is 54.0 Å². The van der Waals surface area contributed by atoms with Crippen LogP contribution >= 0.6 is 0 Å². The molecule has 0 radical (unpaired) electrons. The largest absolute Gasteiger partial charge is 0.395 e. The molecule has 2 unspecified atom stereocenters. The molecule has 0 bridgehead atoms. The SMILES string of the molecule is CNCC1(CN2CCOCC2CO)CCCOC1. The maximum absolute atomic E-state index is 9.44. The minimum absolute atomic E-state index is 0.148. The van der Waals surface area contributed by atoms with E-state index in [-0.39, 0.29) is 18.1 Å². The third-order valence-electron chi connectivity index (χ3n) is 4.05. The second-order valence-electron chi connectivity index (χ2n) is 5.57. The molecule has 0 amide bonds. The van der Waals surface area contributed by atoms with E-state index in [0.717, 1.165) is 45.9 Å². The highest BCUT2D eigenvalue weighted by Crippen LogP contribution is 2.30. The van der Waals surface area contributed by atoms with Crippen molar-refractivity contribution in [3.8, 4) is 0 Å². The lowest BCUT2D eigenvalue weighted by Crippen LogP contribution is -2.55. The predicted molar refractivity (Wildman–Crippen MR) is 69.7 cm³/mol. The zero-order valence-electron chi connectivity index (χ0n) is 11.4. The zero-order chi connectivity index (χ0) is 12.8. The van der Waals surface area contributed by atoms with Crippen molar-refractivity contribution in [3.05, 3.63) is 0 Å². The Morgan fingerprint density at radius 3 is 2.94 bits per heavy atom. The van der Waals surface area contributed by atoms with Crippen LogP contribution in [0, 0.1) is 5.41 Å². The number of rotatable bonds is 5. The summed E-state index contributed by atoms with van der Waals surface area (Å²) < 4.78 is 11.1. The molecule has 2 saturated heterocycles. The summed E-state index contributed by atoms with van der Waals surface area (Å²) in [6.07, 6.45) is 2.33. The lowest BCUT2D eigenvalue weighted by atomic mass is 9.81. The van der Waals surface area contributed by atoms with E-state index < -0.39 is 0 Å². The summed E-state index contributed by atoms with van der Waals surface area (Å²) in [5, 5.41) is 12.7. The van der Waals surface area contributed by atoms with E-state index in [1.165, 1.54) is 6.42 Å². The summed E-state index contributed by atoms with van der Waals surface area (Å²) in [7, 11) is 2.00. The molecule has 2 fully saturated rings. The van der Waals surface area contributed by atoms with Gasteiger partial charge in [-0.3, -0.25) is 4.90 Å². The third-order valence-corrected chi connectivity index (χ3v) is 4.05. The van der Waals surface area contributed by atoms with Gasteiger partial charge in [0.2, 0.25) is 0 Å². The molecule has 2 rings (SSSR count). The molecule has 18 heavy (non-hydrogen) atoms. The lowest BCUT2D eigenvalue weighted by molar-refractivity contribution is -0.0746. The number of nitrogens with zero attached hydrogens (tertiary/aromatic N) is 1. The smallest absolute Gasteiger partial charge is 0.0644 e. The molecule has 2 atom stereocenters. The molecule has 0 aliphatic carbocycles. The molecule has 0 aromatic rings. The number of ether oxygens (including phenoxy) is 2. The first kappa shape index (κ1) is 14.2. The summed E-state index contributed by atoms with van der Waals surface area (Å²) in [5.74, 6) is 0. The molecule has 2 aliphatic heterocycles. The van der Waals surface area contributed by atoms with Gasteiger partial charge in [-0.05, 0) is 19.9 Å². The fourth-order valence-corrected chi connectivity index (χ4v) is 3.10. The van der Waals surface area contributed by atoms with Gasteiger partial charge < -0.3 is 19.9 Å². The van der Waals surface area contributed by atoms with Gasteiger partial charge >= 0.3 is 0 Å². The highest BCUT2D eigenvalue weighted by molar-refractivity contribution is 4.89. The van der Waals surface area contributed by atoms with Crippen LogP contribution in [0.4, 0.5) is 0 Å². The van der Waals surface area contributed by atoms with Gasteiger partial charge in [-0.15, -0.1) is 0 Å². The maximum Gasteiger partial charge on any atom is 0.0644 e. The average molecular weight is 258 g/mol. The van der Waals surface area contributed by atoms with E-state index in [2.05, 4.69) is 10.2 Å². The van der Waals surface area contributed by atoms with Crippen LogP contribution in [-0.2, 0) is 9.47 Å². The first-order valence-electron chi connectivity index (χ1n) is 6.95. The Kier molecular flexibility index (Phi) is 5.38. The van der Waals surface area contributed by atoms with Gasteiger partial charge in [0.05, 0.1) is 32.5 Å². The number of hydrogen-bond acceptors (Lipinski definition) is 5. The van der Waals surface area contributed by atoms with Crippen LogP contribution in [0.5, 0.6) is 0 Å². The molecular weight excluding hydrogens is 232 g/mol. The predicted octanol–water partition coefficient (Wildman–Crippen LogP) is -0.304. The zero-order valence-corrected chi connectivity index (χ0v) is 11.4. The normalized spacial score (nSPS) is 34.7. The second kappa shape index (κ2) is 6.82. The van der Waals surface area contributed by atoms with Gasteiger partial charge in [0, 0.05) is 31.7 Å². The summed E-state index contributed by atoms with van der Waals surface area (Å²) >= 11 is 0. The first-order chi connectivity index (χ1) is 8.79. The Morgan fingerprint density at radius 2 is 2.28 bits per heavy atom. The van der Waals surface area contributed by atoms with Crippen LogP contribution < -0.4 is 5.32 Å². The fraction of sp³-hybridized carbons (Fsp3) is 1.00. The Bertz CT molecular complexity index is 239. The van der Waals surface area contributed by atoms with E-state index in [1.807, 2.05) is 7.05 Å². The van der Waals surface area contributed by atoms with Crippen LogP contribution in [-0.4, -0.2) is 75.8 Å². The standard InChI is InChI=1S/C13H26N2O3/c1-14-9-13(3-2-5-18-11-13)10-15-4-6-17-8-12(15)7-16/h12,14,16H,2-11H2,1H3. The second-order valence-corrected chi connectivity index (χ2v) is 5.57. The van der Waals surface area contributed by atoms with Crippen molar-refractivity contribution in [2.24, 2.45) is 5.41 Å². The molecule has 5 heteroatoms. The van der Waals surface area contributed by atoms with E-state index in [0.29, 0.717) is 6.61 Å². The van der Waals surface area contributed by atoms with Crippen LogP contribution in [0.25, 0.3) is 0 Å². The van der Waals surface area contributed by atoms with Crippen molar-refractivity contribution in [1.82, 2.24) is 10.2 Å². The molecule has 0 aromatic heterocycles. The molecule has 0 spiro atoms. The minimum Gasteiger partial charge on any atom is -0.395 e. The van der Waals surface area contributed by atoms with Crippen molar-refractivity contribution >= 4 is 0 Å². The Balaban J connectivity index is 1.98. The van der Waals surface area contributed by atoms with Crippen molar-refractivity contribution in [2.45, 2.75) is 18.9 Å². The van der Waals surface area contributed by atoms with Crippen LogP contribution in [0.3, 0.4) is 0 Å². The Hall–Kier alpha value is -0.200. The van der Waals surface area contributed by atoms with Gasteiger partial charge in [-0.1, -0.05) is 0 Å². The summed E-state index contributed by atoms with van der Waals surface area (Å²) in [6.45, 7) is 6.18. The average Bonchev–Trinajstić information content (AvgIpc) is 2.40. The van der Waals surface area contributed by atoms with Crippen LogP contribution in [0.1, 0.15) is 12.8 Å². The van der Waals surface area contributed by atoms with Gasteiger partial charge in [-0.2, -0.15) is 0 Å². The summed E-state index contributed by atoms with van der Waals surface area (Å²) in [5.41, 5.74) is 0.192. The van der Waals surface area contributed by atoms with Gasteiger partial charge in [-0.25, -0.2) is 0 Å². The quantitative estimate of drug-likeness (QED) is 0.709. The maximum atomic E-state index is 9.44. The molecule has 0 saturated carbocycles. The molecule has 2 aliphatic rings. The molecule has 2 N–H and O–H groups in total. The van der Waals surface area contributed by atoms with Crippen molar-refractivity contribution in [2.75, 3.05) is 59.7 Å². The van der Waals surface area contributed by atoms with Gasteiger partial charge in [0.15, 0.2) is 0 Å². The molecule has 106 valence electrons. The van der Waals surface area contributed by atoms with E-state index in [4.69, 9.17) is 9.47 Å². The number of hydrogen-bond donors (Lipinski definition) is 2. The molecule has 2 heterocycles. The van der Waals surface area contributed by atoms with Crippen molar-refractivity contribution in [1.29, 1.82) is 0 Å². The fourth-order valence-electron chi connectivity index (χ4n) is 3.10. The summed E-state index contributed by atoms with van der Waals surface area (Å²) in [6, 6.07) is 0.148. The number of nitrogens with one attached hydrogen (secondary N) is 1. The highest BCUT2D eigenvalue weighted by Gasteiger charge is 2.36. The minimum atomic E-state index is 0.148. The molecular formula is C13H26N2O3. The Labute approximate surface area is 109 Å². The van der Waals surface area contributed by atoms with E-state index in [9.17, 15) is 5.11 Å². The van der Waals surface area contributed by atoms with Gasteiger partial charge in [0.25, 0.3) is 0 Å². The van der Waals surface area contributed by atoms with Gasteiger partial charge in [0.1, 0.15) is 0 Å². The third kappa shape index (κ3) is 3.42. The number of morpholine rings is 1.